The molecule has 1 unspecified atom stereocenters. The maximum absolute atomic E-state index is 12.7. The van der Waals surface area contributed by atoms with Gasteiger partial charge in [0.25, 0.3) is 0 Å². The maximum Gasteiger partial charge on any atom is 0.340 e. The molecule has 0 N–H and O–H groups in total. The molecule has 0 aliphatic carbocycles. The Morgan fingerprint density at radius 3 is 2.18 bits per heavy atom. The molecule has 0 saturated carbocycles. The number of fused-ring (bicyclic) bond motifs is 1. The lowest BCUT2D eigenvalue weighted by Crippen LogP contribution is -2.50. The number of rotatable bonds is 13. The quantitative estimate of drug-likeness (QED) is 0.0864. The molecule has 9 heteroatoms. The van der Waals surface area contributed by atoms with Crippen LogP contribution in [0.25, 0.3) is 10.9 Å². The summed E-state index contributed by atoms with van der Waals surface area (Å²) in [6.07, 6.45) is 2.89. The van der Waals surface area contributed by atoms with Gasteiger partial charge in [0.05, 0.1) is 45.2 Å². The fourth-order valence-corrected chi connectivity index (χ4v) is 6.54. The fourth-order valence-electron chi connectivity index (χ4n) is 5.13. The molecular formula is C35H46N2O6Si. The van der Waals surface area contributed by atoms with Crippen molar-refractivity contribution in [2.75, 3.05) is 27.9 Å². The van der Waals surface area contributed by atoms with Gasteiger partial charge in [-0.2, -0.15) is 5.10 Å². The molecular weight excluding hydrogens is 572 g/mol. The minimum absolute atomic E-state index is 0.101. The number of carbonyl (C=O) groups is 1. The van der Waals surface area contributed by atoms with E-state index in [4.69, 9.17) is 23.4 Å². The van der Waals surface area contributed by atoms with Crippen LogP contribution in [0.3, 0.4) is 0 Å². The van der Waals surface area contributed by atoms with Crippen molar-refractivity contribution in [2.45, 2.75) is 71.0 Å². The third-order valence-electron chi connectivity index (χ3n) is 8.71. The second kappa shape index (κ2) is 13.5. The number of para-hydroxylation sites is 1. The lowest BCUT2D eigenvalue weighted by atomic mass is 9.99. The highest BCUT2D eigenvalue weighted by Crippen LogP contribution is 2.46. The van der Waals surface area contributed by atoms with Crippen LogP contribution in [-0.4, -0.2) is 52.0 Å². The number of aromatic nitrogens is 2. The fraction of sp³-hybridized carbons (Fsp3) is 0.429. The van der Waals surface area contributed by atoms with Crippen LogP contribution in [0.5, 0.6) is 11.5 Å². The first-order valence-electron chi connectivity index (χ1n) is 15.0. The number of ether oxygens (including phenoxy) is 4. The summed E-state index contributed by atoms with van der Waals surface area (Å²) in [4.78, 5) is 12.7. The Hall–Kier alpha value is -3.66. The SMILES string of the molecule is COC(=O)c1cccc2cnn(CCC(OCCc3ccccc3)(O[Si](C)(C)C(C)(C)C)c3cc(OC)c(C)c(OC)c3)c12. The summed E-state index contributed by atoms with van der Waals surface area (Å²) in [5.41, 5.74) is 4.05. The van der Waals surface area contributed by atoms with Gasteiger partial charge >= 0.3 is 5.97 Å². The van der Waals surface area contributed by atoms with Crippen molar-refractivity contribution in [1.82, 2.24) is 9.78 Å². The summed E-state index contributed by atoms with van der Waals surface area (Å²) >= 11 is 0. The van der Waals surface area contributed by atoms with E-state index in [1.54, 1.807) is 26.5 Å². The van der Waals surface area contributed by atoms with Gasteiger partial charge in [-0.25, -0.2) is 4.79 Å². The minimum atomic E-state index is -2.44. The highest BCUT2D eigenvalue weighted by molar-refractivity contribution is 6.74. The second-order valence-corrected chi connectivity index (χ2v) is 17.3. The van der Waals surface area contributed by atoms with E-state index in [1.807, 2.05) is 54.1 Å². The van der Waals surface area contributed by atoms with Crippen molar-refractivity contribution in [3.63, 3.8) is 0 Å². The summed E-state index contributed by atoms with van der Waals surface area (Å²) in [5, 5.41) is 5.44. The number of hydrogen-bond donors (Lipinski definition) is 0. The number of esters is 1. The topological polar surface area (TPSA) is 81.0 Å². The van der Waals surface area contributed by atoms with Crippen molar-refractivity contribution >= 4 is 25.2 Å². The second-order valence-electron chi connectivity index (χ2n) is 12.6. The molecule has 0 aliphatic heterocycles. The summed E-state index contributed by atoms with van der Waals surface area (Å²) in [6, 6.07) is 19.8. The monoisotopic (exact) mass is 618 g/mol. The van der Waals surface area contributed by atoms with E-state index in [2.05, 4.69) is 51.1 Å². The van der Waals surface area contributed by atoms with E-state index in [0.717, 1.165) is 16.5 Å². The van der Waals surface area contributed by atoms with Crippen molar-refractivity contribution in [1.29, 1.82) is 0 Å². The van der Waals surface area contributed by atoms with Crippen LogP contribution in [0.15, 0.2) is 66.9 Å². The largest absolute Gasteiger partial charge is 0.496 e. The number of nitrogens with zero attached hydrogens (tertiary/aromatic N) is 2. The van der Waals surface area contributed by atoms with Crippen LogP contribution in [0.1, 0.15) is 54.2 Å². The van der Waals surface area contributed by atoms with Gasteiger partial charge in [-0.15, -0.1) is 0 Å². The third kappa shape index (κ3) is 7.01. The molecule has 4 rings (SSSR count). The lowest BCUT2D eigenvalue weighted by Gasteiger charge is -2.46. The summed E-state index contributed by atoms with van der Waals surface area (Å²) < 4.78 is 32.9. The van der Waals surface area contributed by atoms with E-state index in [1.165, 1.54) is 12.7 Å². The zero-order valence-electron chi connectivity index (χ0n) is 27.5. The predicted octanol–water partition coefficient (Wildman–Crippen LogP) is 7.67. The third-order valence-corrected chi connectivity index (χ3v) is 13.2. The van der Waals surface area contributed by atoms with Crippen LogP contribution in [-0.2, 0) is 32.7 Å². The molecule has 44 heavy (non-hydrogen) atoms. The van der Waals surface area contributed by atoms with Crippen LogP contribution < -0.4 is 9.47 Å². The first-order valence-corrected chi connectivity index (χ1v) is 17.9. The molecule has 1 aromatic heterocycles. The van der Waals surface area contributed by atoms with Crippen molar-refractivity contribution in [3.8, 4) is 11.5 Å². The average Bonchev–Trinajstić information content (AvgIpc) is 3.42. The molecule has 0 amide bonds. The van der Waals surface area contributed by atoms with E-state index >= 15 is 0 Å². The highest BCUT2D eigenvalue weighted by atomic mass is 28.4. The number of aryl methyl sites for hydroxylation is 1. The van der Waals surface area contributed by atoms with Crippen LogP contribution in [0, 0.1) is 6.92 Å². The van der Waals surface area contributed by atoms with E-state index < -0.39 is 20.1 Å². The van der Waals surface area contributed by atoms with Crippen molar-refractivity contribution < 1.29 is 28.2 Å². The van der Waals surface area contributed by atoms with Crippen LogP contribution >= 0.6 is 0 Å². The zero-order chi connectivity index (χ0) is 32.1. The molecule has 0 aliphatic rings. The Morgan fingerprint density at radius 1 is 0.932 bits per heavy atom. The van der Waals surface area contributed by atoms with E-state index in [9.17, 15) is 4.79 Å². The molecule has 3 aromatic carbocycles. The summed E-state index contributed by atoms with van der Waals surface area (Å²) in [7, 11) is 2.26. The van der Waals surface area contributed by atoms with Gasteiger partial charge in [0.2, 0.25) is 0 Å². The molecule has 0 spiro atoms. The first kappa shape index (κ1) is 33.2. The van der Waals surface area contributed by atoms with E-state index in [0.29, 0.717) is 48.6 Å². The molecule has 0 bridgehead atoms. The molecule has 8 nitrogen and oxygen atoms in total. The lowest BCUT2D eigenvalue weighted by molar-refractivity contribution is -0.206. The minimum Gasteiger partial charge on any atom is -0.496 e. The molecule has 1 heterocycles. The number of methoxy groups -OCH3 is 3. The summed E-state index contributed by atoms with van der Waals surface area (Å²) in [5.74, 6) is -0.212. The number of benzene rings is 3. The zero-order valence-corrected chi connectivity index (χ0v) is 28.5. The Kier molecular flexibility index (Phi) is 10.2. The highest BCUT2D eigenvalue weighted by Gasteiger charge is 2.47. The smallest absolute Gasteiger partial charge is 0.340 e. The number of carbonyl (C=O) groups excluding carboxylic acids is 1. The number of hydrogen-bond acceptors (Lipinski definition) is 7. The summed E-state index contributed by atoms with van der Waals surface area (Å²) in [6.45, 7) is 13.9. The Labute approximate surface area is 262 Å². The van der Waals surface area contributed by atoms with Crippen molar-refractivity contribution in [3.05, 3.63) is 89.1 Å². The predicted molar refractivity (Wildman–Crippen MR) is 176 cm³/mol. The Bertz CT molecular complexity index is 1550. The van der Waals surface area contributed by atoms with Crippen LogP contribution in [0.4, 0.5) is 0 Å². The molecule has 236 valence electrons. The molecule has 0 saturated heterocycles. The van der Waals surface area contributed by atoms with Gasteiger partial charge in [0, 0.05) is 29.5 Å². The van der Waals surface area contributed by atoms with Crippen molar-refractivity contribution in [2.24, 2.45) is 0 Å². The Morgan fingerprint density at radius 2 is 1.59 bits per heavy atom. The van der Waals surface area contributed by atoms with Gasteiger partial charge in [-0.3, -0.25) is 4.68 Å². The molecule has 4 aromatic rings. The standard InChI is InChI=1S/C35H46N2O6Si/c1-25-30(39-5)22-28(23-31(25)40-6)35(43-44(8,9)34(2,3)4,42-21-18-26-14-11-10-12-15-26)19-20-37-32-27(24-36-37)16-13-17-29(32)33(38)41-7/h10-17,22-24H,18-21H2,1-9H3. The molecule has 0 radical (unpaired) electrons. The van der Waals surface area contributed by atoms with Gasteiger partial charge in [-0.1, -0.05) is 63.2 Å². The van der Waals surface area contributed by atoms with Gasteiger partial charge in [0.15, 0.2) is 14.1 Å². The first-order chi connectivity index (χ1) is 20.9. The normalized spacial score (nSPS) is 13.5. The van der Waals surface area contributed by atoms with E-state index in [-0.39, 0.29) is 5.04 Å². The van der Waals surface area contributed by atoms with Gasteiger partial charge in [-0.05, 0) is 55.2 Å². The van der Waals surface area contributed by atoms with Gasteiger partial charge in [0.1, 0.15) is 11.5 Å². The van der Waals surface area contributed by atoms with Crippen LogP contribution in [0.2, 0.25) is 18.1 Å². The molecule has 0 fully saturated rings. The molecule has 1 atom stereocenters. The average molecular weight is 619 g/mol. The van der Waals surface area contributed by atoms with Gasteiger partial charge < -0.3 is 23.4 Å². The maximum atomic E-state index is 12.7. The Balaban J connectivity index is 1.87.